The molecule has 104 valence electrons. The maximum atomic E-state index is 12.6. The van der Waals surface area contributed by atoms with E-state index >= 15 is 0 Å². The van der Waals surface area contributed by atoms with Gasteiger partial charge in [0.15, 0.2) is 0 Å². The number of hydrogen-bond acceptors (Lipinski definition) is 2. The van der Waals surface area contributed by atoms with E-state index in [2.05, 4.69) is 0 Å². The van der Waals surface area contributed by atoms with E-state index in [0.29, 0.717) is 21.8 Å². The average Bonchev–Trinajstić information content (AvgIpc) is 2.86. The van der Waals surface area contributed by atoms with Crippen molar-refractivity contribution >= 4 is 28.9 Å². The van der Waals surface area contributed by atoms with Crippen molar-refractivity contribution in [3.63, 3.8) is 0 Å². The number of carbonyl (C=O) groups is 2. The van der Waals surface area contributed by atoms with Gasteiger partial charge in [-0.3, -0.25) is 4.79 Å². The Labute approximate surface area is 125 Å². The second kappa shape index (κ2) is 5.07. The smallest absolute Gasteiger partial charge is 0.337 e. The van der Waals surface area contributed by atoms with Crippen molar-refractivity contribution in [2.75, 3.05) is 0 Å². The van der Waals surface area contributed by atoms with Gasteiger partial charge in [0.1, 0.15) is 0 Å². The summed E-state index contributed by atoms with van der Waals surface area (Å²) in [5.74, 6) is -1.34. The van der Waals surface area contributed by atoms with E-state index < -0.39 is 5.97 Å². The lowest BCUT2D eigenvalue weighted by atomic mass is 10.1. The Balaban J connectivity index is 2.21. The molecule has 0 unspecified atom stereocenters. The number of carboxylic acid groups (broad SMARTS) is 1. The number of pyridine rings is 1. The van der Waals surface area contributed by atoms with Crippen LogP contribution in [0.2, 0.25) is 5.02 Å². The predicted molar refractivity (Wildman–Crippen MR) is 79.2 cm³/mol. The summed E-state index contributed by atoms with van der Waals surface area (Å²) in [5, 5.41) is 9.71. The molecule has 0 saturated carbocycles. The molecule has 0 aliphatic carbocycles. The minimum atomic E-state index is -1.07. The Kier molecular flexibility index (Phi) is 3.23. The standard InChI is InChI=1S/C16H10ClNO3/c17-11-5-3-4-10(8-11)15(19)14-9-12(16(20)21)13-6-1-2-7-18(13)14/h1-9H,(H,20,21). The van der Waals surface area contributed by atoms with Crippen LogP contribution < -0.4 is 0 Å². The molecule has 0 aliphatic heterocycles. The van der Waals surface area contributed by atoms with E-state index in [1.165, 1.54) is 6.07 Å². The maximum absolute atomic E-state index is 12.6. The van der Waals surface area contributed by atoms with Crippen molar-refractivity contribution in [2.24, 2.45) is 0 Å². The number of halogens is 1. The highest BCUT2D eigenvalue weighted by Gasteiger charge is 2.19. The fourth-order valence-electron chi connectivity index (χ4n) is 2.28. The second-order valence-electron chi connectivity index (χ2n) is 4.54. The third kappa shape index (κ3) is 2.30. The molecule has 0 radical (unpaired) electrons. The quantitative estimate of drug-likeness (QED) is 0.753. The van der Waals surface area contributed by atoms with Crippen molar-refractivity contribution in [3.05, 3.63) is 76.6 Å². The van der Waals surface area contributed by atoms with Crippen LogP contribution in [0.5, 0.6) is 0 Å². The van der Waals surface area contributed by atoms with Crippen LogP contribution in [0.4, 0.5) is 0 Å². The monoisotopic (exact) mass is 299 g/mol. The summed E-state index contributed by atoms with van der Waals surface area (Å²) in [6.07, 6.45) is 1.67. The number of rotatable bonds is 3. The fourth-order valence-corrected chi connectivity index (χ4v) is 2.47. The molecule has 0 spiro atoms. The molecule has 2 aromatic heterocycles. The summed E-state index contributed by atoms with van der Waals surface area (Å²) in [6.45, 7) is 0. The molecule has 3 aromatic rings. The molecule has 1 aromatic carbocycles. The number of fused-ring (bicyclic) bond motifs is 1. The molecule has 4 nitrogen and oxygen atoms in total. The van der Waals surface area contributed by atoms with Gasteiger partial charge in [0.25, 0.3) is 0 Å². The first-order chi connectivity index (χ1) is 10.1. The van der Waals surface area contributed by atoms with Crippen LogP contribution in [-0.2, 0) is 0 Å². The zero-order chi connectivity index (χ0) is 15.0. The number of ketones is 1. The molecular weight excluding hydrogens is 290 g/mol. The summed E-state index contributed by atoms with van der Waals surface area (Å²) in [5.41, 5.74) is 1.30. The average molecular weight is 300 g/mol. The molecule has 0 saturated heterocycles. The van der Waals surface area contributed by atoms with Crippen molar-refractivity contribution in [1.82, 2.24) is 4.40 Å². The lowest BCUT2D eigenvalue weighted by Crippen LogP contribution is -2.04. The number of carboxylic acids is 1. The first-order valence-corrected chi connectivity index (χ1v) is 6.59. The highest BCUT2D eigenvalue weighted by Crippen LogP contribution is 2.21. The van der Waals surface area contributed by atoms with Gasteiger partial charge in [-0.25, -0.2) is 4.79 Å². The molecule has 2 heterocycles. The summed E-state index contributed by atoms with van der Waals surface area (Å²) < 4.78 is 1.58. The van der Waals surface area contributed by atoms with Crippen LogP contribution in [0, 0.1) is 0 Å². The lowest BCUT2D eigenvalue weighted by molar-refractivity contribution is 0.0699. The molecule has 5 heteroatoms. The van der Waals surface area contributed by atoms with Crippen LogP contribution in [0.15, 0.2) is 54.7 Å². The number of aromatic carboxylic acids is 1. The first kappa shape index (κ1) is 13.4. The van der Waals surface area contributed by atoms with Gasteiger partial charge < -0.3 is 9.51 Å². The summed E-state index contributed by atoms with van der Waals surface area (Å²) >= 11 is 5.90. The molecule has 21 heavy (non-hydrogen) atoms. The Morgan fingerprint density at radius 2 is 1.86 bits per heavy atom. The summed E-state index contributed by atoms with van der Waals surface area (Å²) in [6, 6.07) is 13.1. The lowest BCUT2D eigenvalue weighted by Gasteiger charge is -2.02. The van der Waals surface area contributed by atoms with Crippen LogP contribution in [0.3, 0.4) is 0 Å². The summed E-state index contributed by atoms with van der Waals surface area (Å²) in [7, 11) is 0. The molecule has 0 fully saturated rings. The minimum absolute atomic E-state index is 0.0981. The van der Waals surface area contributed by atoms with Gasteiger partial charge >= 0.3 is 5.97 Å². The predicted octanol–water partition coefficient (Wildman–Crippen LogP) is 3.52. The van der Waals surface area contributed by atoms with Crippen LogP contribution in [0.1, 0.15) is 26.4 Å². The van der Waals surface area contributed by atoms with E-state index in [9.17, 15) is 14.7 Å². The van der Waals surface area contributed by atoms with Crippen molar-refractivity contribution in [1.29, 1.82) is 0 Å². The second-order valence-corrected chi connectivity index (χ2v) is 4.98. The highest BCUT2D eigenvalue weighted by atomic mass is 35.5. The van der Waals surface area contributed by atoms with Crippen molar-refractivity contribution in [2.45, 2.75) is 0 Å². The van der Waals surface area contributed by atoms with E-state index in [1.54, 1.807) is 53.1 Å². The van der Waals surface area contributed by atoms with Gasteiger partial charge in [0.2, 0.25) is 5.78 Å². The summed E-state index contributed by atoms with van der Waals surface area (Å²) in [4.78, 5) is 23.9. The van der Waals surface area contributed by atoms with Gasteiger partial charge in [-0.2, -0.15) is 0 Å². The van der Waals surface area contributed by atoms with Crippen LogP contribution in [0.25, 0.3) is 5.52 Å². The van der Waals surface area contributed by atoms with Crippen LogP contribution >= 0.6 is 11.6 Å². The molecule has 1 N–H and O–H groups in total. The first-order valence-electron chi connectivity index (χ1n) is 6.21. The molecular formula is C16H10ClNO3. The Morgan fingerprint density at radius 1 is 1.05 bits per heavy atom. The normalized spacial score (nSPS) is 10.7. The Hall–Kier alpha value is -2.59. The van der Waals surface area contributed by atoms with Gasteiger partial charge in [0.05, 0.1) is 16.8 Å². The Morgan fingerprint density at radius 3 is 2.57 bits per heavy atom. The zero-order valence-corrected chi connectivity index (χ0v) is 11.5. The van der Waals surface area contributed by atoms with Gasteiger partial charge in [0, 0.05) is 16.8 Å². The van der Waals surface area contributed by atoms with E-state index in [0.717, 1.165) is 0 Å². The number of aromatic nitrogens is 1. The fraction of sp³-hybridized carbons (Fsp3) is 0. The minimum Gasteiger partial charge on any atom is -0.478 e. The van der Waals surface area contributed by atoms with Gasteiger partial charge in [-0.1, -0.05) is 29.8 Å². The molecule has 3 rings (SSSR count). The zero-order valence-electron chi connectivity index (χ0n) is 10.8. The van der Waals surface area contributed by atoms with Crippen molar-refractivity contribution < 1.29 is 14.7 Å². The third-order valence-corrected chi connectivity index (χ3v) is 3.46. The molecule has 0 bridgehead atoms. The number of hydrogen-bond donors (Lipinski definition) is 1. The highest BCUT2D eigenvalue weighted by molar-refractivity contribution is 6.31. The number of carbonyl (C=O) groups excluding carboxylic acids is 1. The maximum Gasteiger partial charge on any atom is 0.337 e. The third-order valence-electron chi connectivity index (χ3n) is 3.23. The molecule has 0 atom stereocenters. The van der Waals surface area contributed by atoms with Crippen molar-refractivity contribution in [3.8, 4) is 0 Å². The number of benzene rings is 1. The SMILES string of the molecule is O=C(O)c1cc(C(=O)c2cccc(Cl)c2)n2ccccc12. The topological polar surface area (TPSA) is 58.8 Å². The van der Waals surface area contributed by atoms with E-state index in [-0.39, 0.29) is 11.3 Å². The van der Waals surface area contributed by atoms with E-state index in [1.807, 2.05) is 0 Å². The largest absolute Gasteiger partial charge is 0.478 e. The molecule has 0 amide bonds. The van der Waals surface area contributed by atoms with Gasteiger partial charge in [-0.05, 0) is 30.3 Å². The van der Waals surface area contributed by atoms with Gasteiger partial charge in [-0.15, -0.1) is 0 Å². The molecule has 0 aliphatic rings. The Bertz CT molecular complexity index is 867. The number of nitrogens with zero attached hydrogens (tertiary/aromatic N) is 1. The van der Waals surface area contributed by atoms with Crippen LogP contribution in [-0.4, -0.2) is 21.3 Å². The van der Waals surface area contributed by atoms with E-state index in [4.69, 9.17) is 11.6 Å².